The Morgan fingerprint density at radius 3 is 2.57 bits per heavy atom. The van der Waals surface area contributed by atoms with Gasteiger partial charge in [0.1, 0.15) is 5.69 Å². The summed E-state index contributed by atoms with van der Waals surface area (Å²) in [5.74, 6) is -6.42. The smallest absolute Gasteiger partial charge is 0.253 e. The van der Waals surface area contributed by atoms with E-state index in [9.17, 15) is 18.1 Å². The van der Waals surface area contributed by atoms with E-state index in [1.165, 1.54) is 0 Å². The number of aromatic nitrogens is 1. The van der Waals surface area contributed by atoms with Gasteiger partial charge >= 0.3 is 11.9 Å². The Labute approximate surface area is 81.4 Å². The van der Waals surface area contributed by atoms with Crippen molar-refractivity contribution >= 4 is 17.6 Å². The van der Waals surface area contributed by atoms with Crippen LogP contribution in [0.15, 0.2) is 18.3 Å². The number of pyridine rings is 1. The van der Waals surface area contributed by atoms with Gasteiger partial charge in [0.05, 0.1) is 5.02 Å². The van der Waals surface area contributed by atoms with Crippen molar-refractivity contribution in [2.24, 2.45) is 0 Å². The van der Waals surface area contributed by atoms with Crippen molar-refractivity contribution in [2.75, 3.05) is 0 Å². The molecule has 0 spiro atoms. The molecule has 0 saturated heterocycles. The molecule has 1 heterocycles. The van der Waals surface area contributed by atoms with Gasteiger partial charge < -0.3 is 0 Å². The van der Waals surface area contributed by atoms with E-state index in [1.807, 2.05) is 0 Å². The Kier molecular flexibility index (Phi) is 2.95. The highest BCUT2D eigenvalue weighted by Crippen LogP contribution is 2.28. The quantitative estimate of drug-likeness (QED) is 0.775. The topological polar surface area (TPSA) is 39.2 Å². The van der Waals surface area contributed by atoms with Crippen molar-refractivity contribution in [3.63, 3.8) is 0 Å². The molecule has 7 heteroatoms. The zero-order valence-corrected chi connectivity index (χ0v) is 7.26. The third kappa shape index (κ3) is 1.95. The van der Waals surface area contributed by atoms with Gasteiger partial charge in [-0.25, -0.2) is 9.74 Å². The molecule has 0 N–H and O–H groups in total. The van der Waals surface area contributed by atoms with Crippen LogP contribution in [0.25, 0.3) is 0 Å². The maximum Gasteiger partial charge on any atom is 0.424 e. The molecule has 0 aliphatic carbocycles. The van der Waals surface area contributed by atoms with E-state index in [4.69, 9.17) is 11.6 Å². The van der Waals surface area contributed by atoms with Crippen LogP contribution in [0.1, 0.15) is 5.69 Å². The molecule has 3 nitrogen and oxygen atoms in total. The Balaban J connectivity index is 3.03. The highest BCUT2D eigenvalue weighted by molar-refractivity contribution is 6.30. The summed E-state index contributed by atoms with van der Waals surface area (Å²) in [7, 11) is 0. The second kappa shape index (κ2) is 3.83. The number of halogens is 4. The summed E-state index contributed by atoms with van der Waals surface area (Å²) in [6.45, 7) is 0. The first kappa shape index (κ1) is 10.8. The van der Waals surface area contributed by atoms with Gasteiger partial charge in [0, 0.05) is 10.7 Å². The normalized spacial score (nSPS) is 11.1. The fourth-order valence-electron chi connectivity index (χ4n) is 0.715. The molecule has 1 aromatic rings. The molecule has 0 unspecified atom stereocenters. The van der Waals surface area contributed by atoms with Crippen molar-refractivity contribution in [1.29, 1.82) is 0 Å². The molecule has 0 amide bonds. The summed E-state index contributed by atoms with van der Waals surface area (Å²) in [5.41, 5.74) is -0.926. The average molecular weight is 226 g/mol. The van der Waals surface area contributed by atoms with Crippen LogP contribution in [0.5, 0.6) is 0 Å². The lowest BCUT2D eigenvalue weighted by atomic mass is 10.2. The molecule has 0 fully saturated rings. The van der Waals surface area contributed by atoms with E-state index in [2.05, 4.69) is 9.93 Å². The summed E-state index contributed by atoms with van der Waals surface area (Å²) in [6.07, 6.45) is 0.913. The second-order valence-electron chi connectivity index (χ2n) is 2.30. The zero-order valence-electron chi connectivity index (χ0n) is 6.51. The third-order valence-corrected chi connectivity index (χ3v) is 1.60. The molecule has 76 valence electrons. The molecule has 0 saturated carbocycles. The molecule has 0 bridgehead atoms. The van der Waals surface area contributed by atoms with E-state index in [0.29, 0.717) is 0 Å². The maximum atomic E-state index is 12.9. The van der Waals surface area contributed by atoms with Crippen LogP contribution in [0, 0.1) is 0 Å². The van der Waals surface area contributed by atoms with Gasteiger partial charge in [-0.2, -0.15) is 8.78 Å². The van der Waals surface area contributed by atoms with Gasteiger partial charge in [-0.05, 0) is 12.1 Å². The molecule has 0 aliphatic rings. The van der Waals surface area contributed by atoms with Crippen LogP contribution < -0.4 is 0 Å². The van der Waals surface area contributed by atoms with E-state index in [-0.39, 0.29) is 5.02 Å². The Hall–Kier alpha value is -1.30. The lowest BCUT2D eigenvalue weighted by Gasteiger charge is -2.09. The predicted octanol–water partition coefficient (Wildman–Crippen LogP) is 2.25. The number of rotatable bonds is 2. The number of carbonyl (C=O) groups excluding carboxylic acids is 1. The van der Waals surface area contributed by atoms with Gasteiger partial charge in [-0.15, -0.1) is 0 Å². The molecule has 0 radical (unpaired) electrons. The first-order valence-electron chi connectivity index (χ1n) is 3.31. The molecule has 1 aromatic heterocycles. The average Bonchev–Trinajstić information content (AvgIpc) is 2.17. The number of nitrogens with zero attached hydrogens (tertiary/aromatic N) is 1. The zero-order chi connectivity index (χ0) is 10.8. The second-order valence-corrected chi connectivity index (χ2v) is 2.74. The fraction of sp³-hybridized carbons (Fsp3) is 0.143. The number of hydrogen-bond donors (Lipinski definition) is 0. The summed E-state index contributed by atoms with van der Waals surface area (Å²) < 4.78 is 37.0. The van der Waals surface area contributed by atoms with E-state index in [0.717, 1.165) is 18.3 Å². The van der Waals surface area contributed by atoms with Crippen molar-refractivity contribution < 1.29 is 23.0 Å². The SMILES string of the molecule is O=C(OF)C(F)(F)c1ccc(Cl)cn1. The standard InChI is InChI=1S/C7H3ClF3NO2/c8-4-1-2-5(12-3-4)7(9,10)6(13)14-11/h1-3H. The lowest BCUT2D eigenvalue weighted by molar-refractivity contribution is -0.213. The Morgan fingerprint density at radius 1 is 1.50 bits per heavy atom. The van der Waals surface area contributed by atoms with Crippen molar-refractivity contribution in [3.05, 3.63) is 29.0 Å². The molecule has 0 aliphatic heterocycles. The van der Waals surface area contributed by atoms with Crippen LogP contribution in [0.2, 0.25) is 5.02 Å². The van der Waals surface area contributed by atoms with Crippen LogP contribution in [-0.2, 0) is 15.7 Å². The Morgan fingerprint density at radius 2 is 2.14 bits per heavy atom. The molecule has 0 atom stereocenters. The van der Waals surface area contributed by atoms with Gasteiger partial charge in [0.2, 0.25) is 0 Å². The van der Waals surface area contributed by atoms with Gasteiger partial charge in [-0.1, -0.05) is 11.6 Å². The number of alkyl halides is 2. The van der Waals surface area contributed by atoms with Crippen LogP contribution in [0.4, 0.5) is 13.3 Å². The van der Waals surface area contributed by atoms with Crippen LogP contribution in [-0.4, -0.2) is 11.0 Å². The van der Waals surface area contributed by atoms with Gasteiger partial charge in [0.25, 0.3) is 0 Å². The highest BCUT2D eigenvalue weighted by atomic mass is 35.5. The maximum absolute atomic E-state index is 12.9. The number of hydrogen-bond acceptors (Lipinski definition) is 3. The summed E-state index contributed by atoms with van der Waals surface area (Å²) in [4.78, 5) is 15.9. The lowest BCUT2D eigenvalue weighted by Crippen LogP contribution is -2.27. The molecule has 14 heavy (non-hydrogen) atoms. The highest BCUT2D eigenvalue weighted by Gasteiger charge is 2.45. The van der Waals surface area contributed by atoms with Gasteiger partial charge in [0.15, 0.2) is 0 Å². The van der Waals surface area contributed by atoms with Gasteiger partial charge in [-0.3, -0.25) is 4.98 Å². The minimum absolute atomic E-state index is 0.123. The largest absolute Gasteiger partial charge is 0.424 e. The monoisotopic (exact) mass is 225 g/mol. The van der Waals surface area contributed by atoms with Crippen LogP contribution in [0.3, 0.4) is 0 Å². The van der Waals surface area contributed by atoms with Crippen molar-refractivity contribution in [2.45, 2.75) is 5.92 Å². The minimum atomic E-state index is -4.11. The van der Waals surface area contributed by atoms with E-state index < -0.39 is 17.6 Å². The summed E-state index contributed by atoms with van der Waals surface area (Å²) >= 11 is 5.38. The first-order chi connectivity index (χ1) is 6.48. The van der Waals surface area contributed by atoms with Crippen molar-refractivity contribution in [3.8, 4) is 0 Å². The molecule has 1 rings (SSSR count). The minimum Gasteiger partial charge on any atom is -0.253 e. The fourth-order valence-corrected chi connectivity index (χ4v) is 0.826. The van der Waals surface area contributed by atoms with Crippen molar-refractivity contribution in [1.82, 2.24) is 4.98 Å². The molecular weight excluding hydrogens is 223 g/mol. The number of carbonyl (C=O) groups is 1. The van der Waals surface area contributed by atoms with E-state index >= 15 is 0 Å². The third-order valence-electron chi connectivity index (χ3n) is 1.38. The summed E-state index contributed by atoms with van der Waals surface area (Å²) in [6, 6.07) is 1.91. The molecule has 0 aromatic carbocycles. The first-order valence-corrected chi connectivity index (χ1v) is 3.69. The van der Waals surface area contributed by atoms with E-state index in [1.54, 1.807) is 0 Å². The molecular formula is C7H3ClF3NO2. The van der Waals surface area contributed by atoms with Crippen LogP contribution >= 0.6 is 11.6 Å². The predicted molar refractivity (Wildman–Crippen MR) is 40.3 cm³/mol. The summed E-state index contributed by atoms with van der Waals surface area (Å²) in [5, 5.41) is 0.123. The Bertz CT molecular complexity index is 341.